The third kappa shape index (κ3) is 4.90. The number of aromatic nitrogens is 2. The second kappa shape index (κ2) is 9.13. The molecule has 12 heteroatoms. The molecule has 29 heavy (non-hydrogen) atoms. The van der Waals surface area contributed by atoms with E-state index in [2.05, 4.69) is 4.98 Å². The summed E-state index contributed by atoms with van der Waals surface area (Å²) in [6.45, 7) is -0.699. The fraction of sp³-hybridized carbons (Fsp3) is 0.412. The number of ether oxygens (including phenoxy) is 2. The van der Waals surface area contributed by atoms with Crippen molar-refractivity contribution in [1.82, 2.24) is 9.55 Å². The molecule has 0 spiro atoms. The summed E-state index contributed by atoms with van der Waals surface area (Å²) in [7, 11) is 0. The van der Waals surface area contributed by atoms with Gasteiger partial charge in [0.2, 0.25) is 0 Å². The molecule has 2 heterocycles. The maximum Gasteiger partial charge on any atom is 0.330 e. The maximum atomic E-state index is 12.1. The summed E-state index contributed by atoms with van der Waals surface area (Å²) >= 11 is 1.97. The number of aliphatic hydroxyl groups excluding tert-OH is 2. The van der Waals surface area contributed by atoms with Crippen LogP contribution in [0.1, 0.15) is 23.8 Å². The first-order valence-electron chi connectivity index (χ1n) is 8.59. The normalized spacial score (nSPS) is 21.4. The molecule has 0 amide bonds. The number of aromatic amines is 1. The van der Waals surface area contributed by atoms with E-state index >= 15 is 0 Å². The molecule has 1 aromatic carbocycles. The van der Waals surface area contributed by atoms with E-state index in [1.165, 1.54) is 12.3 Å². The molecule has 3 atom stereocenters. The molecule has 156 valence electrons. The number of halogens is 1. The Balaban J connectivity index is 1.75. The zero-order chi connectivity index (χ0) is 21.1. The van der Waals surface area contributed by atoms with Gasteiger partial charge in [-0.3, -0.25) is 24.5 Å². The lowest BCUT2D eigenvalue weighted by Gasteiger charge is -2.15. The lowest BCUT2D eigenvalue weighted by atomic mass is 10.2. The number of hydrogen-bond acceptors (Lipinski definition) is 8. The maximum absolute atomic E-state index is 12.1. The standard InChI is InChI=1S/C17H18IN3O8/c18-11-2-1-9(12(3-11)21(26)27)7-28-8-10-5-20(17(25)19-16(10)24)15-4-13(23)14(6-22)29-15/h1-3,5,13-15,22-23H,4,6-8H2,(H,19,24,25)/t13-,14-,15-/m1/s1. The van der Waals surface area contributed by atoms with Crippen molar-refractivity contribution in [2.24, 2.45) is 0 Å². The van der Waals surface area contributed by atoms with E-state index in [4.69, 9.17) is 9.47 Å². The Morgan fingerprint density at radius 1 is 1.34 bits per heavy atom. The lowest BCUT2D eigenvalue weighted by Crippen LogP contribution is -2.34. The van der Waals surface area contributed by atoms with Crippen LogP contribution in [0.15, 0.2) is 34.0 Å². The Bertz CT molecular complexity index is 1020. The van der Waals surface area contributed by atoms with Gasteiger partial charge in [0.05, 0.1) is 42.0 Å². The molecule has 2 aromatic rings. The van der Waals surface area contributed by atoms with Crippen molar-refractivity contribution in [3.63, 3.8) is 0 Å². The Morgan fingerprint density at radius 3 is 2.72 bits per heavy atom. The minimum atomic E-state index is -0.940. The second-order valence-corrected chi connectivity index (χ2v) is 7.70. The molecular weight excluding hydrogens is 501 g/mol. The van der Waals surface area contributed by atoms with E-state index in [9.17, 15) is 29.9 Å². The molecule has 11 nitrogen and oxygen atoms in total. The van der Waals surface area contributed by atoms with Crippen LogP contribution in [0, 0.1) is 13.7 Å². The van der Waals surface area contributed by atoms with Gasteiger partial charge in [-0.1, -0.05) is 0 Å². The van der Waals surface area contributed by atoms with Gasteiger partial charge in [-0.25, -0.2) is 4.79 Å². The summed E-state index contributed by atoms with van der Waals surface area (Å²) in [6.07, 6.45) is -1.26. The Morgan fingerprint density at radius 2 is 2.07 bits per heavy atom. The molecule has 1 aliphatic rings. The number of nitro benzene ring substituents is 1. The van der Waals surface area contributed by atoms with Crippen molar-refractivity contribution in [2.45, 2.75) is 38.1 Å². The molecule has 3 N–H and O–H groups in total. The molecule has 3 rings (SSSR count). The summed E-state index contributed by atoms with van der Waals surface area (Å²) < 4.78 is 12.7. The van der Waals surface area contributed by atoms with Crippen molar-refractivity contribution >= 4 is 28.3 Å². The molecule has 0 aliphatic carbocycles. The van der Waals surface area contributed by atoms with Crippen molar-refractivity contribution in [3.8, 4) is 0 Å². The van der Waals surface area contributed by atoms with Crippen molar-refractivity contribution in [1.29, 1.82) is 0 Å². The van der Waals surface area contributed by atoms with Crippen LogP contribution < -0.4 is 11.2 Å². The van der Waals surface area contributed by atoms with E-state index < -0.39 is 41.2 Å². The molecule has 0 saturated carbocycles. The molecule has 1 saturated heterocycles. The van der Waals surface area contributed by atoms with Gasteiger partial charge in [0.15, 0.2) is 0 Å². The number of nitrogens with one attached hydrogen (secondary N) is 1. The number of rotatable bonds is 7. The third-order valence-corrected chi connectivity index (χ3v) is 5.17. The topological polar surface area (TPSA) is 157 Å². The number of nitro groups is 1. The minimum absolute atomic E-state index is 0.0757. The first kappa shape index (κ1) is 21.6. The van der Waals surface area contributed by atoms with Gasteiger partial charge in [0.1, 0.15) is 12.3 Å². The Kier molecular flexibility index (Phi) is 6.79. The number of hydrogen-bond donors (Lipinski definition) is 3. The van der Waals surface area contributed by atoms with Gasteiger partial charge in [0.25, 0.3) is 11.2 Å². The summed E-state index contributed by atoms with van der Waals surface area (Å²) in [6, 6.07) is 4.71. The highest BCUT2D eigenvalue weighted by molar-refractivity contribution is 14.1. The van der Waals surface area contributed by atoms with E-state index in [1.54, 1.807) is 12.1 Å². The largest absolute Gasteiger partial charge is 0.394 e. The zero-order valence-electron chi connectivity index (χ0n) is 15.0. The van der Waals surface area contributed by atoms with E-state index in [0.717, 1.165) is 4.57 Å². The van der Waals surface area contributed by atoms with Gasteiger partial charge >= 0.3 is 5.69 Å². The fourth-order valence-corrected chi connectivity index (χ4v) is 3.47. The van der Waals surface area contributed by atoms with Gasteiger partial charge in [-0.2, -0.15) is 0 Å². The van der Waals surface area contributed by atoms with Crippen LogP contribution in [0.5, 0.6) is 0 Å². The van der Waals surface area contributed by atoms with E-state index in [-0.39, 0.29) is 30.9 Å². The van der Waals surface area contributed by atoms with E-state index in [1.807, 2.05) is 22.6 Å². The lowest BCUT2D eigenvalue weighted by molar-refractivity contribution is -0.386. The Hall–Kier alpha value is -2.13. The van der Waals surface area contributed by atoms with Gasteiger partial charge in [0, 0.05) is 22.3 Å². The number of aliphatic hydroxyl groups is 2. The smallest absolute Gasteiger partial charge is 0.330 e. The fourth-order valence-electron chi connectivity index (χ4n) is 2.99. The van der Waals surface area contributed by atoms with Crippen LogP contribution in [-0.2, 0) is 22.7 Å². The molecule has 1 fully saturated rings. The molecule has 0 radical (unpaired) electrons. The molecule has 1 aromatic heterocycles. The summed E-state index contributed by atoms with van der Waals surface area (Å²) in [4.78, 5) is 37.0. The van der Waals surface area contributed by atoms with Crippen molar-refractivity contribution in [3.05, 3.63) is 70.0 Å². The van der Waals surface area contributed by atoms with Gasteiger partial charge in [-0.15, -0.1) is 0 Å². The van der Waals surface area contributed by atoms with Crippen molar-refractivity contribution in [2.75, 3.05) is 6.61 Å². The van der Waals surface area contributed by atoms with Crippen LogP contribution in [-0.4, -0.2) is 43.5 Å². The van der Waals surface area contributed by atoms with Crippen molar-refractivity contribution < 1.29 is 24.6 Å². The monoisotopic (exact) mass is 519 g/mol. The zero-order valence-corrected chi connectivity index (χ0v) is 17.1. The van der Waals surface area contributed by atoms with Crippen LogP contribution >= 0.6 is 22.6 Å². The summed E-state index contributed by atoms with van der Waals surface area (Å²) in [5.74, 6) is 0. The highest BCUT2D eigenvalue weighted by atomic mass is 127. The van der Waals surface area contributed by atoms with Gasteiger partial charge in [-0.05, 0) is 34.7 Å². The Labute approximate surface area is 177 Å². The van der Waals surface area contributed by atoms with Crippen LogP contribution in [0.25, 0.3) is 0 Å². The third-order valence-electron chi connectivity index (χ3n) is 4.50. The minimum Gasteiger partial charge on any atom is -0.394 e. The molecule has 0 bridgehead atoms. The highest BCUT2D eigenvalue weighted by Gasteiger charge is 2.35. The first-order chi connectivity index (χ1) is 13.8. The first-order valence-corrected chi connectivity index (χ1v) is 9.67. The van der Waals surface area contributed by atoms with Crippen LogP contribution in [0.2, 0.25) is 0 Å². The number of benzene rings is 1. The number of nitrogens with zero attached hydrogens (tertiary/aromatic N) is 2. The van der Waals surface area contributed by atoms with E-state index in [0.29, 0.717) is 9.13 Å². The number of H-pyrrole nitrogens is 1. The summed E-state index contributed by atoms with van der Waals surface area (Å²) in [5, 5.41) is 30.2. The van der Waals surface area contributed by atoms with Gasteiger partial charge < -0.3 is 19.7 Å². The highest BCUT2D eigenvalue weighted by Crippen LogP contribution is 2.27. The van der Waals surface area contributed by atoms with Crippen LogP contribution in [0.3, 0.4) is 0 Å². The summed E-state index contributed by atoms with van der Waals surface area (Å²) in [5.41, 5.74) is -0.987. The quantitative estimate of drug-likeness (QED) is 0.270. The average molecular weight is 519 g/mol. The molecular formula is C17H18IN3O8. The second-order valence-electron chi connectivity index (χ2n) is 6.46. The molecule has 1 aliphatic heterocycles. The van der Waals surface area contributed by atoms with Crippen LogP contribution in [0.4, 0.5) is 5.69 Å². The average Bonchev–Trinajstić information content (AvgIpc) is 3.04. The molecule has 0 unspecified atom stereocenters. The SMILES string of the molecule is O=c1[nH]c(=O)n([C@H]2C[C@@H](O)[C@@H](CO)O2)cc1COCc1ccc(I)cc1[N+](=O)[O-]. The predicted molar refractivity (Wildman–Crippen MR) is 107 cm³/mol. The predicted octanol–water partition coefficient (Wildman–Crippen LogP) is 0.407.